The summed E-state index contributed by atoms with van der Waals surface area (Å²) >= 11 is 11.9. The topological polar surface area (TPSA) is 37.3 Å². The molecule has 0 aliphatic rings. The van der Waals surface area contributed by atoms with Crippen molar-refractivity contribution in [2.75, 3.05) is 0 Å². The average Bonchev–Trinajstić information content (AvgIpc) is 2.51. The molecule has 0 fully saturated rings. The first kappa shape index (κ1) is 20.3. The summed E-state index contributed by atoms with van der Waals surface area (Å²) < 4.78 is 0. The van der Waals surface area contributed by atoms with E-state index in [9.17, 15) is 4.79 Å². The molecule has 0 bridgehead atoms. The van der Waals surface area contributed by atoms with Crippen molar-refractivity contribution in [1.29, 1.82) is 0 Å². The highest BCUT2D eigenvalue weighted by Gasteiger charge is 2.00. The molecule has 1 aromatic carbocycles. The van der Waals surface area contributed by atoms with Crippen molar-refractivity contribution in [2.24, 2.45) is 0 Å². The number of unbranched alkanes of at least 4 members (excludes halogenated alkanes) is 9. The third kappa shape index (κ3) is 10.6. The van der Waals surface area contributed by atoms with Gasteiger partial charge in [-0.2, -0.15) is 0 Å². The first-order valence-electron chi connectivity index (χ1n) is 8.75. The van der Waals surface area contributed by atoms with E-state index >= 15 is 0 Å². The van der Waals surface area contributed by atoms with Crippen molar-refractivity contribution in [3.63, 3.8) is 0 Å². The summed E-state index contributed by atoms with van der Waals surface area (Å²) in [5, 5.41) is 9.81. The SMILES string of the molecule is O=C(O)CCCCCCCCCCCCc1ccc(Cl)c(Cl)c1. The Hall–Kier alpha value is -0.730. The van der Waals surface area contributed by atoms with E-state index in [0.29, 0.717) is 16.5 Å². The predicted octanol–water partition coefficient (Wildman–Crippen LogP) is 6.91. The van der Waals surface area contributed by atoms with Crippen LogP contribution in [0.5, 0.6) is 0 Å². The Morgan fingerprint density at radius 2 is 1.30 bits per heavy atom. The Morgan fingerprint density at radius 1 is 0.783 bits per heavy atom. The lowest BCUT2D eigenvalue weighted by Gasteiger charge is -2.04. The molecule has 0 atom stereocenters. The molecule has 0 radical (unpaired) electrons. The highest BCUT2D eigenvalue weighted by Crippen LogP contribution is 2.23. The van der Waals surface area contributed by atoms with E-state index in [1.807, 2.05) is 12.1 Å². The molecule has 0 saturated carbocycles. The Labute approximate surface area is 150 Å². The molecule has 1 rings (SSSR count). The summed E-state index contributed by atoms with van der Waals surface area (Å²) in [7, 11) is 0. The Morgan fingerprint density at radius 3 is 1.83 bits per heavy atom. The minimum absolute atomic E-state index is 0.318. The van der Waals surface area contributed by atoms with Gasteiger partial charge in [0.25, 0.3) is 0 Å². The number of carboxylic acid groups (broad SMARTS) is 1. The zero-order chi connectivity index (χ0) is 16.9. The minimum atomic E-state index is -0.675. The van der Waals surface area contributed by atoms with Crippen molar-refractivity contribution < 1.29 is 9.90 Å². The van der Waals surface area contributed by atoms with Gasteiger partial charge in [-0.25, -0.2) is 0 Å². The van der Waals surface area contributed by atoms with Gasteiger partial charge in [-0.15, -0.1) is 0 Å². The third-order valence-electron chi connectivity index (χ3n) is 4.09. The second kappa shape index (κ2) is 12.7. The highest BCUT2D eigenvalue weighted by atomic mass is 35.5. The van der Waals surface area contributed by atoms with E-state index in [1.165, 1.54) is 56.9 Å². The molecule has 0 aromatic heterocycles. The van der Waals surface area contributed by atoms with E-state index in [4.69, 9.17) is 28.3 Å². The maximum atomic E-state index is 10.4. The quantitative estimate of drug-likeness (QED) is 0.388. The number of carboxylic acids is 1. The van der Waals surface area contributed by atoms with E-state index in [1.54, 1.807) is 0 Å². The first-order valence-corrected chi connectivity index (χ1v) is 9.51. The van der Waals surface area contributed by atoms with Crippen molar-refractivity contribution >= 4 is 29.2 Å². The molecule has 2 nitrogen and oxygen atoms in total. The van der Waals surface area contributed by atoms with Gasteiger partial charge < -0.3 is 5.11 Å². The summed E-state index contributed by atoms with van der Waals surface area (Å²) in [5.41, 5.74) is 1.26. The smallest absolute Gasteiger partial charge is 0.303 e. The molecule has 0 saturated heterocycles. The van der Waals surface area contributed by atoms with Gasteiger partial charge in [0, 0.05) is 6.42 Å². The van der Waals surface area contributed by atoms with E-state index in [2.05, 4.69) is 6.07 Å². The standard InChI is InChI=1S/C19H28Cl2O2/c20-17-14-13-16(15-18(17)21)11-9-7-5-3-1-2-4-6-8-10-12-19(22)23/h13-15H,1-12H2,(H,22,23). The Kier molecular flexibility index (Phi) is 11.2. The monoisotopic (exact) mass is 358 g/mol. The maximum absolute atomic E-state index is 10.4. The van der Waals surface area contributed by atoms with Crippen molar-refractivity contribution in [3.8, 4) is 0 Å². The van der Waals surface area contributed by atoms with Gasteiger partial charge in [0.2, 0.25) is 0 Å². The number of hydrogen-bond acceptors (Lipinski definition) is 1. The fourth-order valence-corrected chi connectivity index (χ4v) is 3.04. The van der Waals surface area contributed by atoms with Gasteiger partial charge in [0.15, 0.2) is 0 Å². The molecular weight excluding hydrogens is 331 g/mol. The van der Waals surface area contributed by atoms with Crippen molar-refractivity contribution in [3.05, 3.63) is 33.8 Å². The van der Waals surface area contributed by atoms with E-state index in [-0.39, 0.29) is 0 Å². The number of hydrogen-bond donors (Lipinski definition) is 1. The Bertz CT molecular complexity index is 461. The zero-order valence-corrected chi connectivity index (χ0v) is 15.3. The summed E-state index contributed by atoms with van der Waals surface area (Å²) in [5.74, 6) is -0.675. The van der Waals surface area contributed by atoms with Gasteiger partial charge in [-0.1, -0.05) is 80.6 Å². The van der Waals surface area contributed by atoms with Gasteiger partial charge in [-0.05, 0) is 37.0 Å². The summed E-state index contributed by atoms with van der Waals surface area (Å²) in [6.07, 6.45) is 13.3. The average molecular weight is 359 g/mol. The molecule has 1 N–H and O–H groups in total. The largest absolute Gasteiger partial charge is 0.481 e. The molecule has 130 valence electrons. The lowest BCUT2D eigenvalue weighted by molar-refractivity contribution is -0.137. The molecule has 4 heteroatoms. The molecule has 0 amide bonds. The van der Waals surface area contributed by atoms with Crippen LogP contribution in [0.15, 0.2) is 18.2 Å². The fourth-order valence-electron chi connectivity index (χ4n) is 2.71. The van der Waals surface area contributed by atoms with Crippen LogP contribution in [0.3, 0.4) is 0 Å². The first-order chi connectivity index (χ1) is 11.1. The second-order valence-electron chi connectivity index (χ2n) is 6.18. The van der Waals surface area contributed by atoms with Crippen LogP contribution in [-0.2, 0) is 11.2 Å². The fraction of sp³-hybridized carbons (Fsp3) is 0.632. The van der Waals surface area contributed by atoms with Crippen LogP contribution in [0, 0.1) is 0 Å². The number of carbonyl (C=O) groups is 1. The normalized spacial score (nSPS) is 10.9. The van der Waals surface area contributed by atoms with Crippen LogP contribution < -0.4 is 0 Å². The maximum Gasteiger partial charge on any atom is 0.303 e. The zero-order valence-electron chi connectivity index (χ0n) is 13.8. The number of benzene rings is 1. The number of aryl methyl sites for hydroxylation is 1. The van der Waals surface area contributed by atoms with Gasteiger partial charge in [0.05, 0.1) is 10.0 Å². The summed E-state index contributed by atoms with van der Waals surface area (Å²) in [6, 6.07) is 5.89. The van der Waals surface area contributed by atoms with Gasteiger partial charge in [-0.3, -0.25) is 4.79 Å². The molecule has 23 heavy (non-hydrogen) atoms. The molecule has 0 aliphatic carbocycles. The number of rotatable bonds is 13. The van der Waals surface area contributed by atoms with Crippen LogP contribution in [0.1, 0.15) is 76.2 Å². The van der Waals surface area contributed by atoms with Gasteiger partial charge >= 0.3 is 5.97 Å². The third-order valence-corrected chi connectivity index (χ3v) is 4.83. The van der Waals surface area contributed by atoms with Gasteiger partial charge in [0.1, 0.15) is 0 Å². The lowest BCUT2D eigenvalue weighted by Crippen LogP contribution is -1.93. The predicted molar refractivity (Wildman–Crippen MR) is 98.6 cm³/mol. The van der Waals surface area contributed by atoms with Crippen LogP contribution in [0.25, 0.3) is 0 Å². The van der Waals surface area contributed by atoms with E-state index < -0.39 is 5.97 Å². The molecule has 0 heterocycles. The lowest BCUT2D eigenvalue weighted by atomic mass is 10.0. The molecule has 1 aromatic rings. The summed E-state index contributed by atoms with van der Waals surface area (Å²) in [4.78, 5) is 10.4. The molecule has 0 aliphatic heterocycles. The molecule has 0 unspecified atom stereocenters. The minimum Gasteiger partial charge on any atom is -0.481 e. The second-order valence-corrected chi connectivity index (χ2v) is 6.99. The summed E-state index contributed by atoms with van der Waals surface area (Å²) in [6.45, 7) is 0. The van der Waals surface area contributed by atoms with Crippen molar-refractivity contribution in [2.45, 2.75) is 77.0 Å². The van der Waals surface area contributed by atoms with Crippen LogP contribution in [-0.4, -0.2) is 11.1 Å². The number of aliphatic carboxylic acids is 1. The van der Waals surface area contributed by atoms with Crippen LogP contribution in [0.4, 0.5) is 0 Å². The number of halogens is 2. The van der Waals surface area contributed by atoms with Crippen LogP contribution >= 0.6 is 23.2 Å². The highest BCUT2D eigenvalue weighted by molar-refractivity contribution is 6.42. The van der Waals surface area contributed by atoms with Crippen molar-refractivity contribution in [1.82, 2.24) is 0 Å². The molecule has 0 spiro atoms. The van der Waals surface area contributed by atoms with Crippen LogP contribution in [0.2, 0.25) is 10.0 Å². The Balaban J connectivity index is 1.88. The molecular formula is C19H28Cl2O2. The van der Waals surface area contributed by atoms with E-state index in [0.717, 1.165) is 19.3 Å².